The van der Waals surface area contributed by atoms with E-state index < -0.39 is 0 Å². The van der Waals surface area contributed by atoms with Crippen molar-refractivity contribution < 1.29 is 0 Å². The lowest BCUT2D eigenvalue weighted by molar-refractivity contribution is 0.555. The fraction of sp³-hybridized carbons (Fsp3) is 0.643. The van der Waals surface area contributed by atoms with Gasteiger partial charge in [-0.2, -0.15) is 9.47 Å². The van der Waals surface area contributed by atoms with Crippen LogP contribution in [0.4, 0.5) is 10.8 Å². The Hall–Kier alpha value is -1.43. The highest BCUT2D eigenvalue weighted by atomic mass is 32.1. The highest BCUT2D eigenvalue weighted by molar-refractivity contribution is 7.09. The first-order valence-corrected chi connectivity index (χ1v) is 7.82. The summed E-state index contributed by atoms with van der Waals surface area (Å²) < 4.78 is 6.45. The van der Waals surface area contributed by atoms with Gasteiger partial charge >= 0.3 is 0 Å². The van der Waals surface area contributed by atoms with Crippen LogP contribution in [0.5, 0.6) is 0 Å². The second kappa shape index (κ2) is 5.91. The quantitative estimate of drug-likeness (QED) is 0.908. The van der Waals surface area contributed by atoms with E-state index in [4.69, 9.17) is 0 Å². The van der Waals surface area contributed by atoms with Crippen LogP contribution in [-0.2, 0) is 12.0 Å². The van der Waals surface area contributed by atoms with Crippen LogP contribution in [0.1, 0.15) is 52.1 Å². The first kappa shape index (κ1) is 15.0. The standard InChI is InChI=1S/C14H23N5S/c1-6-7-8-19-10(2)11(9-15-19)16-13-17-12(18-20-13)14(3,4)5/h9H,6-8H2,1-5H3,(H,16,17,18). The van der Waals surface area contributed by atoms with Crippen molar-refractivity contribution in [2.75, 3.05) is 5.32 Å². The number of nitrogens with one attached hydrogen (secondary N) is 1. The topological polar surface area (TPSA) is 55.6 Å². The fourth-order valence-electron chi connectivity index (χ4n) is 1.80. The van der Waals surface area contributed by atoms with E-state index in [0.29, 0.717) is 0 Å². The molecule has 0 saturated heterocycles. The molecule has 0 amide bonds. The Morgan fingerprint density at radius 1 is 1.35 bits per heavy atom. The van der Waals surface area contributed by atoms with E-state index in [1.807, 2.05) is 10.9 Å². The second-order valence-electron chi connectivity index (χ2n) is 6.02. The molecule has 6 heteroatoms. The monoisotopic (exact) mass is 293 g/mol. The van der Waals surface area contributed by atoms with Gasteiger partial charge in [0.05, 0.1) is 17.6 Å². The molecule has 110 valence electrons. The molecule has 2 aromatic heterocycles. The summed E-state index contributed by atoms with van der Waals surface area (Å²) >= 11 is 1.40. The minimum atomic E-state index is -0.0171. The zero-order valence-corrected chi connectivity index (χ0v) is 13.7. The molecule has 0 atom stereocenters. The molecule has 20 heavy (non-hydrogen) atoms. The van der Waals surface area contributed by atoms with Crippen molar-refractivity contribution in [3.05, 3.63) is 17.7 Å². The molecule has 0 bridgehead atoms. The first-order chi connectivity index (χ1) is 9.41. The van der Waals surface area contributed by atoms with Gasteiger partial charge in [0.15, 0.2) is 0 Å². The normalized spacial score (nSPS) is 11.8. The van der Waals surface area contributed by atoms with Gasteiger partial charge in [-0.1, -0.05) is 34.1 Å². The van der Waals surface area contributed by atoms with Crippen LogP contribution in [0.2, 0.25) is 0 Å². The summed E-state index contributed by atoms with van der Waals surface area (Å²) in [5.74, 6) is 0.876. The van der Waals surface area contributed by atoms with Gasteiger partial charge in [0, 0.05) is 23.5 Å². The van der Waals surface area contributed by atoms with Gasteiger partial charge in [-0.25, -0.2) is 4.98 Å². The number of anilines is 2. The molecule has 2 heterocycles. The summed E-state index contributed by atoms with van der Waals surface area (Å²) in [7, 11) is 0. The molecule has 0 spiro atoms. The molecule has 5 nitrogen and oxygen atoms in total. The van der Waals surface area contributed by atoms with E-state index >= 15 is 0 Å². The molecule has 2 rings (SSSR count). The Morgan fingerprint density at radius 3 is 2.70 bits per heavy atom. The van der Waals surface area contributed by atoms with E-state index in [1.54, 1.807) is 0 Å². The Balaban J connectivity index is 2.10. The van der Waals surface area contributed by atoms with E-state index in [2.05, 4.69) is 54.4 Å². The highest BCUT2D eigenvalue weighted by Gasteiger charge is 2.20. The molecular formula is C14H23N5S. The third-order valence-electron chi connectivity index (χ3n) is 3.17. The summed E-state index contributed by atoms with van der Waals surface area (Å²) in [5, 5.41) is 8.57. The maximum absolute atomic E-state index is 4.55. The molecule has 0 fully saturated rings. The van der Waals surface area contributed by atoms with Crippen molar-refractivity contribution in [2.24, 2.45) is 0 Å². The van der Waals surface area contributed by atoms with Gasteiger partial charge in [0.2, 0.25) is 5.13 Å². The molecule has 1 N–H and O–H groups in total. The molecule has 0 aliphatic carbocycles. The lowest BCUT2D eigenvalue weighted by Crippen LogP contribution is -2.13. The van der Waals surface area contributed by atoms with Crippen LogP contribution in [-0.4, -0.2) is 19.1 Å². The van der Waals surface area contributed by atoms with Crippen LogP contribution in [0.15, 0.2) is 6.20 Å². The predicted octanol–water partition coefficient (Wildman–Crippen LogP) is 3.88. The van der Waals surface area contributed by atoms with Crippen LogP contribution in [0, 0.1) is 6.92 Å². The molecule has 0 aliphatic rings. The Labute approximate surface area is 124 Å². The molecule has 0 radical (unpaired) electrons. The second-order valence-corrected chi connectivity index (χ2v) is 6.77. The number of aryl methyl sites for hydroxylation is 1. The van der Waals surface area contributed by atoms with Crippen molar-refractivity contribution in [3.8, 4) is 0 Å². The van der Waals surface area contributed by atoms with Crippen molar-refractivity contribution in [3.63, 3.8) is 0 Å². The van der Waals surface area contributed by atoms with Gasteiger partial charge < -0.3 is 5.32 Å². The average Bonchev–Trinajstić information content (AvgIpc) is 2.96. The highest BCUT2D eigenvalue weighted by Crippen LogP contribution is 2.26. The van der Waals surface area contributed by atoms with Gasteiger partial charge in [-0.05, 0) is 13.3 Å². The summed E-state index contributed by atoms with van der Waals surface area (Å²) in [4.78, 5) is 4.55. The fourth-order valence-corrected chi connectivity index (χ4v) is 2.57. The SMILES string of the molecule is CCCCn1ncc(Nc2nc(C(C)(C)C)ns2)c1C. The number of rotatable bonds is 5. The maximum atomic E-state index is 4.55. The Morgan fingerprint density at radius 2 is 2.10 bits per heavy atom. The van der Waals surface area contributed by atoms with E-state index in [1.165, 1.54) is 18.0 Å². The van der Waals surface area contributed by atoms with Gasteiger partial charge in [-0.3, -0.25) is 4.68 Å². The van der Waals surface area contributed by atoms with Crippen LogP contribution >= 0.6 is 11.5 Å². The molecule has 2 aromatic rings. The van der Waals surface area contributed by atoms with Crippen molar-refractivity contribution in [2.45, 2.75) is 59.4 Å². The number of unbranched alkanes of at least 4 members (excludes halogenated alkanes) is 1. The van der Waals surface area contributed by atoms with Crippen LogP contribution in [0.25, 0.3) is 0 Å². The van der Waals surface area contributed by atoms with Crippen LogP contribution < -0.4 is 5.32 Å². The smallest absolute Gasteiger partial charge is 0.207 e. The summed E-state index contributed by atoms with van der Waals surface area (Å²) in [5.41, 5.74) is 2.14. The average molecular weight is 293 g/mol. The third-order valence-corrected chi connectivity index (χ3v) is 3.80. The minimum absolute atomic E-state index is 0.0171. The number of hydrogen-bond acceptors (Lipinski definition) is 5. The zero-order chi connectivity index (χ0) is 14.8. The third kappa shape index (κ3) is 3.36. The summed E-state index contributed by atoms with van der Waals surface area (Å²) in [6, 6.07) is 0. The maximum Gasteiger partial charge on any atom is 0.207 e. The molecule has 0 aromatic carbocycles. The van der Waals surface area contributed by atoms with Crippen molar-refractivity contribution in [1.29, 1.82) is 0 Å². The predicted molar refractivity (Wildman–Crippen MR) is 83.8 cm³/mol. The molecule has 0 unspecified atom stereocenters. The van der Waals surface area contributed by atoms with Gasteiger partial charge in [0.1, 0.15) is 5.82 Å². The Kier molecular flexibility index (Phi) is 4.42. The molecular weight excluding hydrogens is 270 g/mol. The van der Waals surface area contributed by atoms with Gasteiger partial charge in [-0.15, -0.1) is 0 Å². The van der Waals surface area contributed by atoms with E-state index in [-0.39, 0.29) is 5.41 Å². The summed E-state index contributed by atoms with van der Waals surface area (Å²) in [6.07, 6.45) is 4.19. The Bertz CT molecular complexity index is 564. The first-order valence-electron chi connectivity index (χ1n) is 7.05. The largest absolute Gasteiger partial charge is 0.327 e. The number of hydrogen-bond donors (Lipinski definition) is 1. The molecule has 0 saturated carbocycles. The van der Waals surface area contributed by atoms with Gasteiger partial charge in [0.25, 0.3) is 0 Å². The number of aromatic nitrogens is 4. The summed E-state index contributed by atoms with van der Waals surface area (Å²) in [6.45, 7) is 11.6. The lowest BCUT2D eigenvalue weighted by Gasteiger charge is -2.12. The number of nitrogens with zero attached hydrogens (tertiary/aromatic N) is 4. The lowest BCUT2D eigenvalue weighted by atomic mass is 9.96. The minimum Gasteiger partial charge on any atom is -0.327 e. The zero-order valence-electron chi connectivity index (χ0n) is 12.9. The van der Waals surface area contributed by atoms with Crippen molar-refractivity contribution >= 4 is 22.4 Å². The van der Waals surface area contributed by atoms with E-state index in [9.17, 15) is 0 Å². The molecule has 0 aliphatic heterocycles. The van der Waals surface area contributed by atoms with Crippen LogP contribution in [0.3, 0.4) is 0 Å². The van der Waals surface area contributed by atoms with Crippen molar-refractivity contribution in [1.82, 2.24) is 19.1 Å². The van der Waals surface area contributed by atoms with E-state index in [0.717, 1.165) is 35.3 Å².